The van der Waals surface area contributed by atoms with Crippen LogP contribution in [0.15, 0.2) is 39.5 Å². The zero-order chi connectivity index (χ0) is 12.4. The van der Waals surface area contributed by atoms with Gasteiger partial charge < -0.3 is 9.73 Å². The van der Waals surface area contributed by atoms with Gasteiger partial charge >= 0.3 is 5.63 Å². The van der Waals surface area contributed by atoms with Crippen LogP contribution < -0.4 is 10.9 Å². The first kappa shape index (κ1) is 11.4. The van der Waals surface area contributed by atoms with E-state index in [0.717, 1.165) is 5.39 Å². The molecule has 88 valence electrons. The lowest BCUT2D eigenvalue weighted by Crippen LogP contribution is -2.24. The van der Waals surface area contributed by atoms with Crippen LogP contribution in [0.4, 0.5) is 5.69 Å². The maximum atomic E-state index is 11.4. The fourth-order valence-corrected chi connectivity index (χ4v) is 1.57. The minimum atomic E-state index is -0.429. The first-order valence-electron chi connectivity index (χ1n) is 5.38. The highest BCUT2D eigenvalue weighted by atomic mass is 16.4. The van der Waals surface area contributed by atoms with Crippen molar-refractivity contribution in [1.82, 2.24) is 0 Å². The van der Waals surface area contributed by atoms with Crippen molar-refractivity contribution in [3.05, 3.63) is 40.8 Å². The van der Waals surface area contributed by atoms with Gasteiger partial charge in [0, 0.05) is 11.5 Å². The minimum absolute atomic E-state index is 0.0160. The number of Topliss-reactive ketones (excluding diaryl/α,β-unsaturated/α-hetero) is 1. The molecule has 1 unspecified atom stereocenters. The van der Waals surface area contributed by atoms with E-state index in [4.69, 9.17) is 4.42 Å². The summed E-state index contributed by atoms with van der Waals surface area (Å²) >= 11 is 0. The summed E-state index contributed by atoms with van der Waals surface area (Å²) in [6.45, 7) is 3.26. The summed E-state index contributed by atoms with van der Waals surface area (Å²) in [6.07, 6.45) is 0. The lowest BCUT2D eigenvalue weighted by atomic mass is 10.1. The van der Waals surface area contributed by atoms with Gasteiger partial charge in [-0.05, 0) is 26.0 Å². The van der Waals surface area contributed by atoms with Crippen molar-refractivity contribution in [2.45, 2.75) is 19.9 Å². The van der Waals surface area contributed by atoms with E-state index < -0.39 is 5.63 Å². The van der Waals surface area contributed by atoms with Crippen LogP contribution in [0.1, 0.15) is 13.8 Å². The lowest BCUT2D eigenvalue weighted by Gasteiger charge is -2.13. The third kappa shape index (κ3) is 2.36. The maximum Gasteiger partial charge on any atom is 0.338 e. The predicted octanol–water partition coefficient (Wildman–Crippen LogP) is 2.18. The van der Waals surface area contributed by atoms with Crippen LogP contribution in [0.2, 0.25) is 0 Å². The van der Waals surface area contributed by atoms with Gasteiger partial charge in [0.15, 0.2) is 5.78 Å². The molecule has 2 rings (SSSR count). The molecule has 0 aliphatic carbocycles. The maximum absolute atomic E-state index is 11.4. The third-order valence-electron chi connectivity index (χ3n) is 2.63. The molecule has 0 aliphatic heterocycles. The summed E-state index contributed by atoms with van der Waals surface area (Å²) < 4.78 is 5.06. The fourth-order valence-electron chi connectivity index (χ4n) is 1.57. The summed E-state index contributed by atoms with van der Waals surface area (Å²) in [4.78, 5) is 22.6. The van der Waals surface area contributed by atoms with E-state index in [1.54, 1.807) is 19.1 Å². The molecule has 17 heavy (non-hydrogen) atoms. The number of anilines is 1. The molecule has 0 saturated carbocycles. The van der Waals surface area contributed by atoms with Crippen LogP contribution in [0.5, 0.6) is 0 Å². The Kier molecular flexibility index (Phi) is 2.95. The number of ketones is 1. The predicted molar refractivity (Wildman–Crippen MR) is 66.2 cm³/mol. The molecule has 0 spiro atoms. The largest absolute Gasteiger partial charge is 0.423 e. The van der Waals surface area contributed by atoms with Gasteiger partial charge in [0.05, 0.1) is 11.7 Å². The number of fused-ring (bicyclic) bond motifs is 1. The molecule has 0 bridgehead atoms. The first-order valence-corrected chi connectivity index (χ1v) is 5.38. The van der Waals surface area contributed by atoms with Gasteiger partial charge in [-0.3, -0.25) is 4.79 Å². The fraction of sp³-hybridized carbons (Fsp3) is 0.231. The number of benzene rings is 1. The summed E-state index contributed by atoms with van der Waals surface area (Å²) in [7, 11) is 0. The van der Waals surface area contributed by atoms with Gasteiger partial charge in [-0.1, -0.05) is 12.1 Å². The standard InChI is InChI=1S/C13H13NO3/c1-8(9(2)15)14-11-7-13(16)17-12-6-4-3-5-10(11)12/h3-8,14H,1-2H3. The Hall–Kier alpha value is -2.10. The van der Waals surface area contributed by atoms with Gasteiger partial charge in [-0.15, -0.1) is 0 Å². The number of hydrogen-bond donors (Lipinski definition) is 1. The molecule has 1 atom stereocenters. The van der Waals surface area contributed by atoms with E-state index in [-0.39, 0.29) is 11.8 Å². The van der Waals surface area contributed by atoms with E-state index in [2.05, 4.69) is 5.32 Å². The van der Waals surface area contributed by atoms with Crippen molar-refractivity contribution in [2.24, 2.45) is 0 Å². The SMILES string of the molecule is CC(=O)C(C)Nc1cc(=O)oc2ccccc12. The third-order valence-corrected chi connectivity index (χ3v) is 2.63. The zero-order valence-electron chi connectivity index (χ0n) is 9.69. The van der Waals surface area contributed by atoms with Crippen LogP contribution in [-0.2, 0) is 4.79 Å². The smallest absolute Gasteiger partial charge is 0.338 e. The number of rotatable bonds is 3. The Morgan fingerprint density at radius 3 is 2.76 bits per heavy atom. The van der Waals surface area contributed by atoms with Crippen LogP contribution in [0, 0.1) is 0 Å². The molecule has 1 aromatic heterocycles. The zero-order valence-corrected chi connectivity index (χ0v) is 9.69. The number of para-hydroxylation sites is 1. The van der Waals surface area contributed by atoms with E-state index in [1.165, 1.54) is 13.0 Å². The van der Waals surface area contributed by atoms with Gasteiger partial charge in [0.25, 0.3) is 0 Å². The van der Waals surface area contributed by atoms with E-state index in [0.29, 0.717) is 11.3 Å². The van der Waals surface area contributed by atoms with Crippen molar-refractivity contribution >= 4 is 22.4 Å². The van der Waals surface area contributed by atoms with Crippen LogP contribution in [0.25, 0.3) is 11.0 Å². The molecule has 0 saturated heterocycles. The summed E-state index contributed by atoms with van der Waals surface area (Å²) in [5.41, 5.74) is 0.708. The Morgan fingerprint density at radius 2 is 2.06 bits per heavy atom. The molecule has 4 nitrogen and oxygen atoms in total. The lowest BCUT2D eigenvalue weighted by molar-refractivity contribution is -0.117. The van der Waals surface area contributed by atoms with Crippen LogP contribution in [-0.4, -0.2) is 11.8 Å². The second-order valence-electron chi connectivity index (χ2n) is 3.95. The summed E-state index contributed by atoms with van der Waals surface area (Å²) in [6, 6.07) is 8.24. The monoisotopic (exact) mass is 231 g/mol. The highest BCUT2D eigenvalue weighted by molar-refractivity contribution is 5.92. The molecular weight excluding hydrogens is 218 g/mol. The Morgan fingerprint density at radius 1 is 1.35 bits per heavy atom. The van der Waals surface area contributed by atoms with Crippen molar-refractivity contribution < 1.29 is 9.21 Å². The second-order valence-corrected chi connectivity index (χ2v) is 3.95. The average molecular weight is 231 g/mol. The van der Waals surface area contributed by atoms with Crippen molar-refractivity contribution in [1.29, 1.82) is 0 Å². The van der Waals surface area contributed by atoms with Crippen molar-refractivity contribution in [3.8, 4) is 0 Å². The molecule has 2 aromatic rings. The highest BCUT2D eigenvalue weighted by Crippen LogP contribution is 2.21. The van der Waals surface area contributed by atoms with Crippen LogP contribution >= 0.6 is 0 Å². The Bertz CT molecular complexity index is 615. The van der Waals surface area contributed by atoms with Gasteiger partial charge in [-0.2, -0.15) is 0 Å². The van der Waals surface area contributed by atoms with E-state index >= 15 is 0 Å². The van der Waals surface area contributed by atoms with E-state index in [9.17, 15) is 9.59 Å². The summed E-state index contributed by atoms with van der Waals surface area (Å²) in [5.74, 6) is 0.0160. The molecule has 0 aliphatic rings. The minimum Gasteiger partial charge on any atom is -0.423 e. The average Bonchev–Trinajstić information content (AvgIpc) is 2.28. The molecular formula is C13H13NO3. The molecule has 0 amide bonds. The summed E-state index contributed by atoms with van der Waals surface area (Å²) in [5, 5.41) is 3.81. The van der Waals surface area contributed by atoms with Crippen molar-refractivity contribution in [2.75, 3.05) is 5.32 Å². The normalized spacial score (nSPS) is 12.4. The highest BCUT2D eigenvalue weighted by Gasteiger charge is 2.10. The number of carbonyl (C=O) groups excluding carboxylic acids is 1. The number of hydrogen-bond acceptors (Lipinski definition) is 4. The van der Waals surface area contributed by atoms with Gasteiger partial charge in [0.1, 0.15) is 5.58 Å². The molecule has 1 heterocycles. The van der Waals surface area contributed by atoms with Crippen LogP contribution in [0.3, 0.4) is 0 Å². The molecule has 0 radical (unpaired) electrons. The van der Waals surface area contributed by atoms with Gasteiger partial charge in [-0.25, -0.2) is 4.79 Å². The molecule has 1 N–H and O–H groups in total. The topological polar surface area (TPSA) is 59.3 Å². The Balaban J connectivity index is 2.52. The van der Waals surface area contributed by atoms with E-state index in [1.807, 2.05) is 12.1 Å². The van der Waals surface area contributed by atoms with Crippen molar-refractivity contribution in [3.63, 3.8) is 0 Å². The molecule has 4 heteroatoms. The quantitative estimate of drug-likeness (QED) is 0.822. The second kappa shape index (κ2) is 4.41. The Labute approximate surface area is 98.3 Å². The van der Waals surface area contributed by atoms with Gasteiger partial charge in [0.2, 0.25) is 0 Å². The molecule has 0 fully saturated rings. The molecule has 1 aromatic carbocycles. The first-order chi connectivity index (χ1) is 8.08. The number of nitrogens with one attached hydrogen (secondary N) is 1. The number of carbonyl (C=O) groups is 1.